The molecule has 0 radical (unpaired) electrons. The molecular weight excluding hydrogens is 450 g/mol. The van der Waals surface area contributed by atoms with Gasteiger partial charge in [0, 0.05) is 0 Å². The van der Waals surface area contributed by atoms with E-state index in [0.29, 0.717) is 6.04 Å². The van der Waals surface area contributed by atoms with Crippen molar-refractivity contribution in [3.05, 3.63) is 66.2 Å². The van der Waals surface area contributed by atoms with Crippen LogP contribution in [0.25, 0.3) is 10.8 Å². The molecule has 0 bridgehead atoms. The van der Waals surface area contributed by atoms with Gasteiger partial charge < -0.3 is 0 Å². The van der Waals surface area contributed by atoms with Crippen LogP contribution in [-0.2, 0) is 0 Å². The topological polar surface area (TPSA) is 0 Å². The van der Waals surface area contributed by atoms with E-state index < -0.39 is 8.07 Å². The first-order valence-electron chi connectivity index (χ1n) is 8.79. The Labute approximate surface area is 166 Å². The van der Waals surface area contributed by atoms with Crippen molar-refractivity contribution in [3.63, 3.8) is 0 Å². The quantitative estimate of drug-likeness (QED) is 0.406. The molecule has 3 heteroatoms. The first-order valence-corrected chi connectivity index (χ1v) is 15.2. The molecule has 3 rings (SSSR count). The maximum atomic E-state index is 8.46. The minimum absolute atomic E-state index is 0.0241. The van der Waals surface area contributed by atoms with Crippen LogP contribution in [0.5, 0.6) is 0 Å². The molecule has 0 spiro atoms. The summed E-state index contributed by atoms with van der Waals surface area (Å²) in [6, 6.07) is 20.0. The second-order valence-electron chi connectivity index (χ2n) is 7.02. The summed E-state index contributed by atoms with van der Waals surface area (Å²) in [5.41, 5.74) is 4.77. The van der Waals surface area contributed by atoms with Gasteiger partial charge in [-0.3, -0.25) is 0 Å². The summed E-state index contributed by atoms with van der Waals surface area (Å²) in [5.74, 6) is 0. The van der Waals surface area contributed by atoms with Crippen LogP contribution < -0.4 is 13.4 Å². The van der Waals surface area contributed by atoms with Crippen LogP contribution >= 0.6 is 0 Å². The molecule has 25 heavy (non-hydrogen) atoms. The van der Waals surface area contributed by atoms with E-state index >= 15 is 0 Å². The second-order valence-corrected chi connectivity index (χ2v) is 15.8. The van der Waals surface area contributed by atoms with Crippen molar-refractivity contribution in [1.82, 2.24) is 0 Å². The normalized spacial score (nSPS) is 11.8. The molecule has 0 aliphatic carbocycles. The molecular formula is C22H22Se2Si. The summed E-state index contributed by atoms with van der Waals surface area (Å²) < 4.78 is 12.3. The predicted molar refractivity (Wildman–Crippen MR) is 117 cm³/mol. The summed E-state index contributed by atoms with van der Waals surface area (Å²) in [6.07, 6.45) is 0. The SMILES string of the molecule is [2H]c1ccc2cccc([Se]c3ccc(C)cc3)c2c1[Se]C#C[Si](C)(C)C. The van der Waals surface area contributed by atoms with Crippen molar-refractivity contribution < 1.29 is 1.37 Å². The van der Waals surface area contributed by atoms with E-state index in [0.717, 1.165) is 4.46 Å². The standard InChI is InChI=1S/C22H22Se2Si/c1-17-11-13-19(14-12-17)24-21-10-6-8-18-7-5-9-20(22(18)21)23-15-16-25(2,3)4/h5-14H,1-4H3/i9D. The van der Waals surface area contributed by atoms with Gasteiger partial charge in [0.05, 0.1) is 0 Å². The Morgan fingerprint density at radius 2 is 1.64 bits per heavy atom. The minimum atomic E-state index is -1.38. The van der Waals surface area contributed by atoms with E-state index in [-0.39, 0.29) is 29.9 Å². The van der Waals surface area contributed by atoms with Crippen molar-refractivity contribution in [2.75, 3.05) is 0 Å². The Morgan fingerprint density at radius 1 is 0.920 bits per heavy atom. The van der Waals surface area contributed by atoms with Crippen LogP contribution in [0.3, 0.4) is 0 Å². The third-order valence-electron chi connectivity index (χ3n) is 3.59. The fraction of sp³-hybridized carbons (Fsp3) is 0.182. The molecule has 0 N–H and O–H groups in total. The Hall–Kier alpha value is -1.26. The molecule has 0 nitrogen and oxygen atoms in total. The van der Waals surface area contributed by atoms with Crippen molar-refractivity contribution in [1.29, 1.82) is 0 Å². The predicted octanol–water partition coefficient (Wildman–Crippen LogP) is 2.97. The van der Waals surface area contributed by atoms with Gasteiger partial charge in [0.1, 0.15) is 0 Å². The van der Waals surface area contributed by atoms with E-state index in [1.54, 1.807) is 0 Å². The fourth-order valence-electron chi connectivity index (χ4n) is 2.34. The van der Waals surface area contributed by atoms with Gasteiger partial charge in [-0.2, -0.15) is 0 Å². The summed E-state index contributed by atoms with van der Waals surface area (Å²) in [6.45, 7) is 8.94. The number of benzene rings is 3. The van der Waals surface area contributed by atoms with Gasteiger partial charge in [0.2, 0.25) is 0 Å². The molecule has 3 aromatic carbocycles. The van der Waals surface area contributed by atoms with E-state index in [1.807, 2.05) is 6.07 Å². The van der Waals surface area contributed by atoms with Crippen LogP contribution in [0.15, 0.2) is 60.6 Å². The monoisotopic (exact) mass is 475 g/mol. The molecule has 0 aliphatic rings. The zero-order valence-electron chi connectivity index (χ0n) is 16.0. The average molecular weight is 473 g/mol. The molecule has 3 aromatic rings. The Balaban J connectivity index is 2.07. The second kappa shape index (κ2) is 7.96. The number of hydrogen-bond donors (Lipinski definition) is 0. The Morgan fingerprint density at radius 3 is 2.36 bits per heavy atom. The van der Waals surface area contributed by atoms with Gasteiger partial charge in [-0.25, -0.2) is 0 Å². The van der Waals surface area contributed by atoms with Crippen LogP contribution in [0.2, 0.25) is 19.6 Å². The van der Waals surface area contributed by atoms with Gasteiger partial charge in [0.15, 0.2) is 0 Å². The number of fused-ring (bicyclic) bond motifs is 1. The first-order chi connectivity index (χ1) is 12.3. The summed E-state index contributed by atoms with van der Waals surface area (Å²) >= 11 is 0.258. The van der Waals surface area contributed by atoms with Crippen molar-refractivity contribution in [2.45, 2.75) is 26.6 Å². The molecule has 0 aliphatic heterocycles. The summed E-state index contributed by atoms with van der Waals surface area (Å²) in [4.78, 5) is 3.43. The molecule has 0 heterocycles. The third-order valence-corrected chi connectivity index (χ3v) is 8.64. The fourth-order valence-corrected chi connectivity index (χ4v) is 8.53. The van der Waals surface area contributed by atoms with Gasteiger partial charge in [-0.1, -0.05) is 0 Å². The number of rotatable bonds is 3. The maximum absolute atomic E-state index is 8.46. The van der Waals surface area contributed by atoms with Crippen molar-refractivity contribution in [3.8, 4) is 10.4 Å². The Kier molecular flexibility index (Phi) is 5.46. The first kappa shape index (κ1) is 17.2. The van der Waals surface area contributed by atoms with Crippen LogP contribution in [0.4, 0.5) is 0 Å². The van der Waals surface area contributed by atoms with E-state index in [1.165, 1.54) is 25.3 Å². The molecule has 0 atom stereocenters. The molecule has 0 amide bonds. The molecule has 0 saturated heterocycles. The van der Waals surface area contributed by atoms with Crippen molar-refractivity contribution in [2.24, 2.45) is 0 Å². The molecule has 0 aromatic heterocycles. The zero-order valence-corrected chi connectivity index (χ0v) is 19.4. The van der Waals surface area contributed by atoms with E-state index in [4.69, 9.17) is 1.37 Å². The number of hydrogen-bond acceptors (Lipinski definition) is 0. The zero-order chi connectivity index (χ0) is 18.7. The molecule has 0 unspecified atom stereocenters. The summed E-state index contributed by atoms with van der Waals surface area (Å²) in [5, 5.41) is 2.50. The Bertz CT molecular complexity index is 993. The third kappa shape index (κ3) is 5.11. The van der Waals surface area contributed by atoms with E-state index in [2.05, 4.69) is 85.5 Å². The van der Waals surface area contributed by atoms with Gasteiger partial charge in [0.25, 0.3) is 0 Å². The van der Waals surface area contributed by atoms with Crippen LogP contribution in [-0.4, -0.2) is 38.0 Å². The van der Waals surface area contributed by atoms with Gasteiger partial charge in [-0.05, 0) is 0 Å². The molecule has 0 fully saturated rings. The van der Waals surface area contributed by atoms with Gasteiger partial charge in [-0.15, -0.1) is 0 Å². The molecule has 0 saturated carbocycles. The average Bonchev–Trinajstić information content (AvgIpc) is 2.58. The molecule has 126 valence electrons. The number of aryl methyl sites for hydroxylation is 1. The van der Waals surface area contributed by atoms with Crippen LogP contribution in [0, 0.1) is 17.3 Å². The van der Waals surface area contributed by atoms with Gasteiger partial charge >= 0.3 is 167 Å². The van der Waals surface area contributed by atoms with Crippen LogP contribution in [0.1, 0.15) is 6.93 Å². The van der Waals surface area contributed by atoms with Crippen molar-refractivity contribution >= 4 is 62.1 Å². The summed E-state index contributed by atoms with van der Waals surface area (Å²) in [7, 11) is -1.38. The van der Waals surface area contributed by atoms with E-state index in [9.17, 15) is 0 Å².